The molecule has 5 nitrogen and oxygen atoms in total. The zero-order valence-electron chi connectivity index (χ0n) is 8.38. The van der Waals surface area contributed by atoms with Gasteiger partial charge in [0.1, 0.15) is 6.04 Å². The monoisotopic (exact) mass is 199 g/mol. The summed E-state index contributed by atoms with van der Waals surface area (Å²) in [6.07, 6.45) is 2.38. The molecule has 1 aliphatic rings. The first-order valence-corrected chi connectivity index (χ1v) is 4.98. The Labute approximate surface area is 83.4 Å². The van der Waals surface area contributed by atoms with Crippen molar-refractivity contribution in [2.24, 2.45) is 5.73 Å². The van der Waals surface area contributed by atoms with Crippen molar-refractivity contribution < 1.29 is 9.59 Å². The van der Waals surface area contributed by atoms with E-state index in [1.807, 2.05) is 6.92 Å². The summed E-state index contributed by atoms with van der Waals surface area (Å²) in [4.78, 5) is 22.4. The standard InChI is InChI=1S/C9H17N3O2/c1-2-6(8(10)13)12-9(14)7-4-3-5-11-7/h6-7,11H,2-5H2,1H3,(H2,10,13)(H,12,14). The van der Waals surface area contributed by atoms with Crippen molar-refractivity contribution in [2.75, 3.05) is 6.54 Å². The van der Waals surface area contributed by atoms with Gasteiger partial charge in [-0.3, -0.25) is 9.59 Å². The molecule has 1 heterocycles. The van der Waals surface area contributed by atoms with Gasteiger partial charge in [-0.05, 0) is 25.8 Å². The van der Waals surface area contributed by atoms with Crippen molar-refractivity contribution in [2.45, 2.75) is 38.3 Å². The first-order valence-electron chi connectivity index (χ1n) is 4.98. The van der Waals surface area contributed by atoms with E-state index >= 15 is 0 Å². The van der Waals surface area contributed by atoms with Crippen LogP contribution in [0.2, 0.25) is 0 Å². The summed E-state index contributed by atoms with van der Waals surface area (Å²) in [6, 6.07) is -0.687. The Balaban J connectivity index is 2.41. The smallest absolute Gasteiger partial charge is 0.239 e. The maximum absolute atomic E-state index is 11.5. The number of amides is 2. The van der Waals surface area contributed by atoms with Gasteiger partial charge < -0.3 is 16.4 Å². The molecule has 0 spiro atoms. The van der Waals surface area contributed by atoms with Crippen LogP contribution in [0.4, 0.5) is 0 Å². The average Bonchev–Trinajstić information content (AvgIpc) is 2.65. The van der Waals surface area contributed by atoms with E-state index in [-0.39, 0.29) is 11.9 Å². The molecule has 0 bridgehead atoms. The van der Waals surface area contributed by atoms with Gasteiger partial charge in [-0.1, -0.05) is 6.92 Å². The van der Waals surface area contributed by atoms with Gasteiger partial charge in [0.15, 0.2) is 0 Å². The number of hydrogen-bond acceptors (Lipinski definition) is 3. The van der Waals surface area contributed by atoms with Gasteiger partial charge in [-0.25, -0.2) is 0 Å². The lowest BCUT2D eigenvalue weighted by molar-refractivity contribution is -0.128. The van der Waals surface area contributed by atoms with Crippen LogP contribution in [-0.4, -0.2) is 30.4 Å². The third-order valence-corrected chi connectivity index (χ3v) is 2.44. The second kappa shape index (κ2) is 4.95. The average molecular weight is 199 g/mol. The summed E-state index contributed by atoms with van der Waals surface area (Å²) in [6.45, 7) is 2.68. The molecule has 80 valence electrons. The minimum Gasteiger partial charge on any atom is -0.368 e. The Kier molecular flexibility index (Phi) is 3.88. The number of rotatable bonds is 4. The van der Waals surface area contributed by atoms with Gasteiger partial charge >= 0.3 is 0 Å². The molecule has 2 amide bonds. The Morgan fingerprint density at radius 2 is 2.36 bits per heavy atom. The van der Waals surface area contributed by atoms with Crippen LogP contribution in [0.25, 0.3) is 0 Å². The fraction of sp³-hybridized carbons (Fsp3) is 0.778. The topological polar surface area (TPSA) is 84.2 Å². The lowest BCUT2D eigenvalue weighted by Gasteiger charge is -2.16. The van der Waals surface area contributed by atoms with E-state index in [0.29, 0.717) is 6.42 Å². The van der Waals surface area contributed by atoms with E-state index in [1.54, 1.807) is 0 Å². The van der Waals surface area contributed by atoms with Crippen LogP contribution in [0.15, 0.2) is 0 Å². The van der Waals surface area contributed by atoms with Gasteiger partial charge in [0.05, 0.1) is 6.04 Å². The van der Waals surface area contributed by atoms with Crippen molar-refractivity contribution in [1.82, 2.24) is 10.6 Å². The molecule has 0 aromatic heterocycles. The normalized spacial score (nSPS) is 23.1. The van der Waals surface area contributed by atoms with Crippen molar-refractivity contribution in [1.29, 1.82) is 0 Å². The van der Waals surface area contributed by atoms with Gasteiger partial charge in [-0.15, -0.1) is 0 Å². The molecule has 14 heavy (non-hydrogen) atoms. The minimum atomic E-state index is -0.537. The summed E-state index contributed by atoms with van der Waals surface area (Å²) >= 11 is 0. The molecule has 0 aliphatic carbocycles. The fourth-order valence-corrected chi connectivity index (χ4v) is 1.56. The van der Waals surface area contributed by atoms with Gasteiger partial charge in [0.2, 0.25) is 11.8 Å². The Bertz CT molecular complexity index is 224. The van der Waals surface area contributed by atoms with Crippen LogP contribution >= 0.6 is 0 Å². The zero-order valence-corrected chi connectivity index (χ0v) is 8.38. The summed E-state index contributed by atoms with van der Waals surface area (Å²) in [5.74, 6) is -0.591. The Morgan fingerprint density at radius 1 is 1.64 bits per heavy atom. The van der Waals surface area contributed by atoms with Gasteiger partial charge in [0, 0.05) is 0 Å². The van der Waals surface area contributed by atoms with Crippen molar-refractivity contribution in [3.8, 4) is 0 Å². The predicted molar refractivity (Wildman–Crippen MR) is 52.4 cm³/mol. The van der Waals surface area contributed by atoms with Crippen molar-refractivity contribution >= 4 is 11.8 Å². The molecule has 4 N–H and O–H groups in total. The highest BCUT2D eigenvalue weighted by molar-refractivity contribution is 5.89. The molecule has 5 heteroatoms. The molecular weight excluding hydrogens is 182 g/mol. The van der Waals surface area contributed by atoms with Gasteiger partial charge in [-0.2, -0.15) is 0 Å². The summed E-state index contributed by atoms with van der Waals surface area (Å²) in [7, 11) is 0. The molecule has 0 radical (unpaired) electrons. The van der Waals surface area contributed by atoms with Crippen LogP contribution < -0.4 is 16.4 Å². The highest BCUT2D eigenvalue weighted by Crippen LogP contribution is 2.05. The highest BCUT2D eigenvalue weighted by Gasteiger charge is 2.25. The number of carbonyl (C=O) groups is 2. The maximum atomic E-state index is 11.5. The largest absolute Gasteiger partial charge is 0.368 e. The molecular formula is C9H17N3O2. The number of carbonyl (C=O) groups excluding carboxylic acids is 2. The minimum absolute atomic E-state index is 0.117. The van der Waals surface area contributed by atoms with E-state index in [1.165, 1.54) is 0 Å². The van der Waals surface area contributed by atoms with E-state index in [9.17, 15) is 9.59 Å². The van der Waals surface area contributed by atoms with Crippen LogP contribution in [0.5, 0.6) is 0 Å². The number of hydrogen-bond donors (Lipinski definition) is 3. The number of nitrogens with two attached hydrogens (primary N) is 1. The van der Waals surface area contributed by atoms with Crippen LogP contribution in [0.3, 0.4) is 0 Å². The second-order valence-electron chi connectivity index (χ2n) is 3.52. The van der Waals surface area contributed by atoms with Gasteiger partial charge in [0.25, 0.3) is 0 Å². The summed E-state index contributed by atoms with van der Waals surface area (Å²) in [5.41, 5.74) is 5.12. The fourth-order valence-electron chi connectivity index (χ4n) is 1.56. The van der Waals surface area contributed by atoms with Crippen LogP contribution in [0, 0.1) is 0 Å². The molecule has 0 saturated carbocycles. The zero-order chi connectivity index (χ0) is 10.6. The molecule has 0 aromatic rings. The Morgan fingerprint density at radius 3 is 2.79 bits per heavy atom. The Hall–Kier alpha value is -1.10. The highest BCUT2D eigenvalue weighted by atomic mass is 16.2. The van der Waals surface area contributed by atoms with E-state index < -0.39 is 11.9 Å². The lowest BCUT2D eigenvalue weighted by atomic mass is 10.1. The van der Waals surface area contributed by atoms with Crippen molar-refractivity contribution in [3.05, 3.63) is 0 Å². The van der Waals surface area contributed by atoms with E-state index in [2.05, 4.69) is 10.6 Å². The number of nitrogens with one attached hydrogen (secondary N) is 2. The molecule has 1 fully saturated rings. The quantitative estimate of drug-likeness (QED) is 0.549. The molecule has 2 unspecified atom stereocenters. The molecule has 1 rings (SSSR count). The third-order valence-electron chi connectivity index (χ3n) is 2.44. The third kappa shape index (κ3) is 2.70. The molecule has 2 atom stereocenters. The first kappa shape index (κ1) is 11.0. The predicted octanol–water partition coefficient (Wildman–Crippen LogP) is -0.881. The SMILES string of the molecule is CCC(NC(=O)C1CCCN1)C(N)=O. The van der Waals surface area contributed by atoms with Crippen LogP contribution in [-0.2, 0) is 9.59 Å². The van der Waals surface area contributed by atoms with Crippen molar-refractivity contribution in [3.63, 3.8) is 0 Å². The number of primary amides is 1. The van der Waals surface area contributed by atoms with E-state index in [4.69, 9.17) is 5.73 Å². The lowest BCUT2D eigenvalue weighted by Crippen LogP contribution is -2.49. The molecule has 0 aromatic carbocycles. The molecule has 1 aliphatic heterocycles. The first-order chi connectivity index (χ1) is 6.65. The second-order valence-corrected chi connectivity index (χ2v) is 3.52. The summed E-state index contributed by atoms with van der Waals surface area (Å²) < 4.78 is 0. The van der Waals surface area contributed by atoms with Crippen LogP contribution in [0.1, 0.15) is 26.2 Å². The molecule has 1 saturated heterocycles. The van der Waals surface area contributed by atoms with E-state index in [0.717, 1.165) is 19.4 Å². The maximum Gasteiger partial charge on any atom is 0.239 e. The summed E-state index contributed by atoms with van der Waals surface area (Å²) in [5, 5.41) is 5.69.